The van der Waals surface area contributed by atoms with Crippen molar-refractivity contribution in [3.05, 3.63) is 33.9 Å². The van der Waals surface area contributed by atoms with Gasteiger partial charge < -0.3 is 14.8 Å². The smallest absolute Gasteiger partial charge is 0.293 e. The molecular formula is C12H16N2O5. The van der Waals surface area contributed by atoms with Gasteiger partial charge in [0, 0.05) is 32.4 Å². The summed E-state index contributed by atoms with van der Waals surface area (Å²) in [6, 6.07) is 4.25. The lowest BCUT2D eigenvalue weighted by atomic mass is 10.2. The van der Waals surface area contributed by atoms with Gasteiger partial charge in [0.2, 0.25) is 0 Å². The second-order valence-electron chi connectivity index (χ2n) is 3.85. The number of nitro benzene ring substituents is 1. The molecule has 0 saturated carbocycles. The van der Waals surface area contributed by atoms with Gasteiger partial charge in [-0.15, -0.1) is 0 Å². The standard InChI is InChI=1S/C12H16N2O5/c1-18-8-10(19-2)6-13-11-4-3-9(7-15)5-12(11)14(16)17/h3-5,7,10,13H,6,8H2,1-2H3. The van der Waals surface area contributed by atoms with Gasteiger partial charge in [0.15, 0.2) is 0 Å². The maximum Gasteiger partial charge on any atom is 0.293 e. The number of hydrogen-bond donors (Lipinski definition) is 1. The molecule has 0 aromatic heterocycles. The molecule has 1 aromatic carbocycles. The fourth-order valence-corrected chi connectivity index (χ4v) is 1.54. The SMILES string of the molecule is COCC(CNc1ccc(C=O)cc1[N+](=O)[O-])OC. The summed E-state index contributed by atoms with van der Waals surface area (Å²) in [6.07, 6.45) is 0.356. The lowest BCUT2D eigenvalue weighted by Crippen LogP contribution is -2.26. The topological polar surface area (TPSA) is 90.7 Å². The Labute approximate surface area is 110 Å². The predicted octanol–water partition coefficient (Wildman–Crippen LogP) is 1.48. The maximum absolute atomic E-state index is 10.9. The highest BCUT2D eigenvalue weighted by Gasteiger charge is 2.16. The van der Waals surface area contributed by atoms with Crippen molar-refractivity contribution in [2.24, 2.45) is 0 Å². The first-order valence-electron chi connectivity index (χ1n) is 5.61. The van der Waals surface area contributed by atoms with Crippen LogP contribution in [0.25, 0.3) is 0 Å². The number of nitro groups is 1. The van der Waals surface area contributed by atoms with E-state index >= 15 is 0 Å². The number of methoxy groups -OCH3 is 2. The van der Waals surface area contributed by atoms with E-state index in [0.717, 1.165) is 0 Å². The first-order valence-corrected chi connectivity index (χ1v) is 5.61. The van der Waals surface area contributed by atoms with Crippen LogP contribution in [-0.2, 0) is 9.47 Å². The molecule has 1 unspecified atom stereocenters. The molecule has 1 N–H and O–H groups in total. The molecule has 7 heteroatoms. The van der Waals surface area contributed by atoms with E-state index in [0.29, 0.717) is 25.1 Å². The number of rotatable bonds is 8. The third kappa shape index (κ3) is 4.31. The number of nitrogens with zero attached hydrogens (tertiary/aromatic N) is 1. The van der Waals surface area contributed by atoms with Gasteiger partial charge in [-0.1, -0.05) is 0 Å². The number of benzene rings is 1. The van der Waals surface area contributed by atoms with Crippen LogP contribution in [0.15, 0.2) is 18.2 Å². The number of anilines is 1. The lowest BCUT2D eigenvalue weighted by Gasteiger charge is -2.15. The van der Waals surface area contributed by atoms with Gasteiger partial charge in [0.25, 0.3) is 5.69 Å². The summed E-state index contributed by atoms with van der Waals surface area (Å²) in [6.45, 7) is 0.745. The van der Waals surface area contributed by atoms with E-state index in [1.54, 1.807) is 7.11 Å². The number of ether oxygens (including phenoxy) is 2. The molecule has 0 saturated heterocycles. The van der Waals surface area contributed by atoms with E-state index in [1.807, 2.05) is 0 Å². The largest absolute Gasteiger partial charge is 0.382 e. The Bertz CT molecular complexity index is 450. The molecule has 19 heavy (non-hydrogen) atoms. The second-order valence-corrected chi connectivity index (χ2v) is 3.85. The maximum atomic E-state index is 10.9. The summed E-state index contributed by atoms with van der Waals surface area (Å²) in [5.41, 5.74) is 0.461. The van der Waals surface area contributed by atoms with E-state index in [2.05, 4.69) is 5.32 Å². The molecule has 0 aliphatic rings. The number of aldehydes is 1. The van der Waals surface area contributed by atoms with Crippen LogP contribution in [0.3, 0.4) is 0 Å². The van der Waals surface area contributed by atoms with Gasteiger partial charge in [-0.2, -0.15) is 0 Å². The normalized spacial score (nSPS) is 11.9. The number of carbonyl (C=O) groups excluding carboxylic acids is 1. The highest BCUT2D eigenvalue weighted by molar-refractivity contribution is 5.79. The Hall–Kier alpha value is -1.99. The third-order valence-corrected chi connectivity index (χ3v) is 2.56. The van der Waals surface area contributed by atoms with Gasteiger partial charge in [-0.05, 0) is 12.1 Å². The number of carbonyl (C=O) groups is 1. The van der Waals surface area contributed by atoms with Crippen LogP contribution in [0.4, 0.5) is 11.4 Å². The van der Waals surface area contributed by atoms with E-state index in [-0.39, 0.29) is 17.4 Å². The summed E-state index contributed by atoms with van der Waals surface area (Å²) < 4.78 is 10.1. The Morgan fingerprint density at radius 3 is 2.74 bits per heavy atom. The van der Waals surface area contributed by atoms with Crippen LogP contribution in [0, 0.1) is 10.1 Å². The molecule has 0 radical (unpaired) electrons. The zero-order valence-corrected chi connectivity index (χ0v) is 10.8. The second kappa shape index (κ2) is 7.45. The predicted molar refractivity (Wildman–Crippen MR) is 69.6 cm³/mol. The fraction of sp³-hybridized carbons (Fsp3) is 0.417. The fourth-order valence-electron chi connectivity index (χ4n) is 1.54. The molecule has 1 atom stereocenters. The average Bonchev–Trinajstić information content (AvgIpc) is 2.43. The zero-order chi connectivity index (χ0) is 14.3. The molecule has 0 fully saturated rings. The average molecular weight is 268 g/mol. The Kier molecular flexibility index (Phi) is 5.91. The van der Waals surface area contributed by atoms with Gasteiger partial charge in [0.05, 0.1) is 17.6 Å². The third-order valence-electron chi connectivity index (χ3n) is 2.56. The molecule has 0 aliphatic heterocycles. The molecule has 0 spiro atoms. The number of hydrogen-bond acceptors (Lipinski definition) is 6. The van der Waals surface area contributed by atoms with Crippen molar-refractivity contribution in [1.82, 2.24) is 0 Å². The van der Waals surface area contributed by atoms with Crippen LogP contribution in [0.5, 0.6) is 0 Å². The van der Waals surface area contributed by atoms with E-state index < -0.39 is 4.92 Å². The molecule has 0 amide bonds. The van der Waals surface area contributed by atoms with Crippen LogP contribution >= 0.6 is 0 Å². The first-order chi connectivity index (χ1) is 9.12. The summed E-state index contributed by atoms with van der Waals surface area (Å²) in [4.78, 5) is 21.0. The minimum absolute atomic E-state index is 0.142. The lowest BCUT2D eigenvalue weighted by molar-refractivity contribution is -0.384. The van der Waals surface area contributed by atoms with Crippen LogP contribution < -0.4 is 5.32 Å². The van der Waals surface area contributed by atoms with Crippen LogP contribution in [0.1, 0.15) is 10.4 Å². The summed E-state index contributed by atoms with van der Waals surface area (Å²) in [7, 11) is 3.09. The Balaban J connectivity index is 2.82. The first kappa shape index (κ1) is 15.1. The quantitative estimate of drug-likeness (QED) is 0.436. The van der Waals surface area contributed by atoms with Crippen molar-refractivity contribution in [3.8, 4) is 0 Å². The summed E-state index contributed by atoms with van der Waals surface area (Å²) >= 11 is 0. The molecule has 104 valence electrons. The molecule has 0 heterocycles. The van der Waals surface area contributed by atoms with Crippen LogP contribution in [-0.4, -0.2) is 44.7 Å². The van der Waals surface area contributed by atoms with E-state index in [1.165, 1.54) is 25.3 Å². The van der Waals surface area contributed by atoms with Crippen LogP contribution in [0.2, 0.25) is 0 Å². The van der Waals surface area contributed by atoms with Crippen molar-refractivity contribution >= 4 is 17.7 Å². The van der Waals surface area contributed by atoms with E-state index in [4.69, 9.17) is 9.47 Å². The molecule has 1 rings (SSSR count). The van der Waals surface area contributed by atoms with Crippen molar-refractivity contribution in [1.29, 1.82) is 0 Å². The van der Waals surface area contributed by atoms with Crippen molar-refractivity contribution < 1.29 is 19.2 Å². The molecule has 0 bridgehead atoms. The zero-order valence-electron chi connectivity index (χ0n) is 10.8. The Morgan fingerprint density at radius 2 is 2.21 bits per heavy atom. The summed E-state index contributed by atoms with van der Waals surface area (Å²) in [5, 5.41) is 13.8. The minimum Gasteiger partial charge on any atom is -0.382 e. The highest BCUT2D eigenvalue weighted by atomic mass is 16.6. The van der Waals surface area contributed by atoms with Gasteiger partial charge in [-0.25, -0.2) is 0 Å². The van der Waals surface area contributed by atoms with Gasteiger partial charge >= 0.3 is 0 Å². The van der Waals surface area contributed by atoms with Crippen molar-refractivity contribution in [3.63, 3.8) is 0 Å². The monoisotopic (exact) mass is 268 g/mol. The molecule has 0 aliphatic carbocycles. The van der Waals surface area contributed by atoms with Crippen molar-refractivity contribution in [2.45, 2.75) is 6.10 Å². The molecular weight excluding hydrogens is 252 g/mol. The molecule has 7 nitrogen and oxygen atoms in total. The van der Waals surface area contributed by atoms with Gasteiger partial charge in [0.1, 0.15) is 12.0 Å². The van der Waals surface area contributed by atoms with Crippen molar-refractivity contribution in [2.75, 3.05) is 32.7 Å². The highest BCUT2D eigenvalue weighted by Crippen LogP contribution is 2.25. The minimum atomic E-state index is -0.534. The number of nitrogens with one attached hydrogen (secondary N) is 1. The Morgan fingerprint density at radius 1 is 1.47 bits per heavy atom. The summed E-state index contributed by atoms with van der Waals surface area (Å²) in [5.74, 6) is 0. The molecule has 1 aromatic rings. The van der Waals surface area contributed by atoms with E-state index in [9.17, 15) is 14.9 Å². The van der Waals surface area contributed by atoms with Gasteiger partial charge in [-0.3, -0.25) is 14.9 Å².